The molecule has 27 heavy (non-hydrogen) atoms. The zero-order chi connectivity index (χ0) is 19.2. The topological polar surface area (TPSA) is 75.4 Å². The van der Waals surface area contributed by atoms with Gasteiger partial charge in [-0.25, -0.2) is 0 Å². The molecule has 2 amide bonds. The monoisotopic (exact) mass is 391 g/mol. The van der Waals surface area contributed by atoms with Crippen LogP contribution in [0, 0.1) is 5.92 Å². The molecule has 2 fully saturated rings. The van der Waals surface area contributed by atoms with Crippen LogP contribution >= 0.6 is 11.6 Å². The summed E-state index contributed by atoms with van der Waals surface area (Å²) in [6.07, 6.45) is 8.33. The fourth-order valence-electron chi connectivity index (χ4n) is 4.25. The lowest BCUT2D eigenvalue weighted by Gasteiger charge is -2.29. The first-order valence-electron chi connectivity index (χ1n) is 10.1. The number of amides is 2. The van der Waals surface area contributed by atoms with Gasteiger partial charge in [0.2, 0.25) is 11.8 Å². The van der Waals surface area contributed by atoms with Crippen LogP contribution in [-0.2, 0) is 16.1 Å². The van der Waals surface area contributed by atoms with Crippen molar-refractivity contribution in [3.8, 4) is 0 Å². The SMILES string of the molecule is N[C@H](CC1CCCCC1)C(=O)N(Cc1cccc(Cl)c1)C(=O)[C@@H]1CCCN1. The second kappa shape index (κ2) is 9.67. The summed E-state index contributed by atoms with van der Waals surface area (Å²) < 4.78 is 0. The first kappa shape index (κ1) is 20.3. The van der Waals surface area contributed by atoms with Gasteiger partial charge in [-0.3, -0.25) is 14.5 Å². The van der Waals surface area contributed by atoms with Crippen LogP contribution in [0.1, 0.15) is 56.9 Å². The maximum absolute atomic E-state index is 13.1. The summed E-state index contributed by atoms with van der Waals surface area (Å²) in [7, 11) is 0. The Morgan fingerprint density at radius 2 is 1.96 bits per heavy atom. The van der Waals surface area contributed by atoms with Gasteiger partial charge in [0, 0.05) is 5.02 Å². The van der Waals surface area contributed by atoms with Gasteiger partial charge in [0.25, 0.3) is 0 Å². The summed E-state index contributed by atoms with van der Waals surface area (Å²) >= 11 is 6.08. The highest BCUT2D eigenvalue weighted by Gasteiger charge is 2.34. The summed E-state index contributed by atoms with van der Waals surface area (Å²) in [6, 6.07) is 6.37. The minimum Gasteiger partial charge on any atom is -0.320 e. The van der Waals surface area contributed by atoms with Crippen molar-refractivity contribution in [3.05, 3.63) is 34.9 Å². The molecule has 2 atom stereocenters. The van der Waals surface area contributed by atoms with Crippen LogP contribution < -0.4 is 11.1 Å². The number of nitrogens with one attached hydrogen (secondary N) is 1. The lowest BCUT2D eigenvalue weighted by atomic mass is 9.84. The molecular formula is C21H30ClN3O2. The number of hydrogen-bond donors (Lipinski definition) is 2. The first-order valence-corrected chi connectivity index (χ1v) is 10.5. The average Bonchev–Trinajstić information content (AvgIpc) is 3.21. The minimum absolute atomic E-state index is 0.170. The highest BCUT2D eigenvalue weighted by molar-refractivity contribution is 6.30. The van der Waals surface area contributed by atoms with Crippen LogP contribution in [0.25, 0.3) is 0 Å². The molecule has 2 aliphatic rings. The molecule has 0 radical (unpaired) electrons. The van der Waals surface area contributed by atoms with Gasteiger partial charge >= 0.3 is 0 Å². The van der Waals surface area contributed by atoms with Crippen molar-refractivity contribution in [1.82, 2.24) is 10.2 Å². The molecule has 3 N–H and O–H groups in total. The molecule has 1 aliphatic carbocycles. The second-order valence-electron chi connectivity index (χ2n) is 7.89. The standard InChI is InChI=1S/C21H30ClN3O2/c22-17-9-4-8-16(12-17)14-25(21(27)19-10-5-11-24-19)20(26)18(23)13-15-6-2-1-3-7-15/h4,8-9,12,15,18-19,24H,1-3,5-7,10-11,13-14,23H2/t18-,19+/m1/s1. The quantitative estimate of drug-likeness (QED) is 0.780. The number of hydrogen-bond acceptors (Lipinski definition) is 4. The number of carbonyl (C=O) groups is 2. The van der Waals surface area contributed by atoms with Gasteiger partial charge in [-0.15, -0.1) is 0 Å². The zero-order valence-electron chi connectivity index (χ0n) is 15.8. The predicted molar refractivity (Wildman–Crippen MR) is 107 cm³/mol. The summed E-state index contributed by atoms with van der Waals surface area (Å²) in [5.41, 5.74) is 7.12. The molecule has 0 spiro atoms. The molecule has 6 heteroatoms. The molecule has 1 aromatic rings. The van der Waals surface area contributed by atoms with E-state index in [0.717, 1.165) is 37.8 Å². The Kier molecular flexibility index (Phi) is 7.27. The van der Waals surface area contributed by atoms with E-state index in [1.54, 1.807) is 12.1 Å². The van der Waals surface area contributed by atoms with E-state index in [2.05, 4.69) is 5.32 Å². The third-order valence-electron chi connectivity index (χ3n) is 5.75. The third-order valence-corrected chi connectivity index (χ3v) is 5.98. The van der Waals surface area contributed by atoms with Crippen molar-refractivity contribution in [3.63, 3.8) is 0 Å². The maximum Gasteiger partial charge on any atom is 0.246 e. The maximum atomic E-state index is 13.1. The number of nitrogens with zero attached hydrogens (tertiary/aromatic N) is 1. The number of halogens is 1. The minimum atomic E-state index is -0.627. The van der Waals surface area contributed by atoms with Crippen molar-refractivity contribution in [1.29, 1.82) is 0 Å². The lowest BCUT2D eigenvalue weighted by molar-refractivity contribution is -0.148. The van der Waals surface area contributed by atoms with E-state index in [1.165, 1.54) is 24.2 Å². The molecule has 0 unspecified atom stereocenters. The Labute approximate surface area is 166 Å². The molecule has 148 valence electrons. The van der Waals surface area contributed by atoms with Gasteiger partial charge in [-0.1, -0.05) is 55.8 Å². The molecule has 5 nitrogen and oxygen atoms in total. The van der Waals surface area contributed by atoms with Gasteiger partial charge in [-0.2, -0.15) is 0 Å². The Hall–Kier alpha value is -1.43. The van der Waals surface area contributed by atoms with Gasteiger partial charge < -0.3 is 11.1 Å². The van der Waals surface area contributed by atoms with Gasteiger partial charge in [-0.05, 0) is 49.4 Å². The lowest BCUT2D eigenvalue weighted by Crippen LogP contribution is -2.52. The van der Waals surface area contributed by atoms with E-state index in [9.17, 15) is 9.59 Å². The number of rotatable bonds is 6. The summed E-state index contributed by atoms with van der Waals surface area (Å²) in [5, 5.41) is 3.79. The molecule has 1 heterocycles. The zero-order valence-corrected chi connectivity index (χ0v) is 16.6. The van der Waals surface area contributed by atoms with Crippen molar-refractivity contribution in [2.75, 3.05) is 6.54 Å². The number of benzene rings is 1. The van der Waals surface area contributed by atoms with Crippen LogP contribution in [0.15, 0.2) is 24.3 Å². The highest BCUT2D eigenvalue weighted by Crippen LogP contribution is 2.27. The Bertz CT molecular complexity index is 655. The third kappa shape index (κ3) is 5.53. The number of carbonyl (C=O) groups excluding carboxylic acids is 2. The largest absolute Gasteiger partial charge is 0.320 e. The van der Waals surface area contributed by atoms with E-state index in [-0.39, 0.29) is 24.4 Å². The molecule has 3 rings (SSSR count). The summed E-state index contributed by atoms with van der Waals surface area (Å²) in [4.78, 5) is 27.5. The molecule has 1 saturated heterocycles. The molecular weight excluding hydrogens is 362 g/mol. The van der Waals surface area contributed by atoms with Crippen molar-refractivity contribution < 1.29 is 9.59 Å². The molecule has 0 bridgehead atoms. The summed E-state index contributed by atoms with van der Waals surface area (Å²) in [6.45, 7) is 1.03. The molecule has 1 aliphatic heterocycles. The fourth-order valence-corrected chi connectivity index (χ4v) is 4.46. The average molecular weight is 392 g/mol. The van der Waals surface area contributed by atoms with Gasteiger partial charge in [0.05, 0.1) is 18.6 Å². The number of imide groups is 1. The fraction of sp³-hybridized carbons (Fsp3) is 0.619. The summed E-state index contributed by atoms with van der Waals surface area (Å²) in [5.74, 6) is 0.0567. The van der Waals surface area contributed by atoms with E-state index in [0.29, 0.717) is 17.4 Å². The highest BCUT2D eigenvalue weighted by atomic mass is 35.5. The Balaban J connectivity index is 1.72. The molecule has 0 aromatic heterocycles. The van der Waals surface area contributed by atoms with Crippen LogP contribution in [0.5, 0.6) is 0 Å². The number of nitrogens with two attached hydrogens (primary N) is 1. The van der Waals surface area contributed by atoms with Crippen LogP contribution in [0.4, 0.5) is 0 Å². The van der Waals surface area contributed by atoms with E-state index >= 15 is 0 Å². The van der Waals surface area contributed by atoms with Crippen LogP contribution in [0.3, 0.4) is 0 Å². The van der Waals surface area contributed by atoms with Gasteiger partial charge in [0.1, 0.15) is 0 Å². The van der Waals surface area contributed by atoms with Crippen molar-refractivity contribution >= 4 is 23.4 Å². The van der Waals surface area contributed by atoms with Crippen molar-refractivity contribution in [2.24, 2.45) is 11.7 Å². The smallest absolute Gasteiger partial charge is 0.246 e. The van der Waals surface area contributed by atoms with E-state index in [4.69, 9.17) is 17.3 Å². The van der Waals surface area contributed by atoms with Crippen molar-refractivity contribution in [2.45, 2.75) is 70.0 Å². The van der Waals surface area contributed by atoms with E-state index < -0.39 is 6.04 Å². The van der Waals surface area contributed by atoms with Crippen LogP contribution in [0.2, 0.25) is 5.02 Å². The van der Waals surface area contributed by atoms with E-state index in [1.807, 2.05) is 12.1 Å². The molecule has 1 aromatic carbocycles. The predicted octanol–water partition coefficient (Wildman–Crippen LogP) is 3.24. The second-order valence-corrected chi connectivity index (χ2v) is 8.32. The first-order chi connectivity index (χ1) is 13.0. The van der Waals surface area contributed by atoms with Gasteiger partial charge in [0.15, 0.2) is 0 Å². The normalized spacial score (nSPS) is 21.8. The van der Waals surface area contributed by atoms with Crippen LogP contribution in [-0.4, -0.2) is 35.3 Å². The molecule has 1 saturated carbocycles. The Morgan fingerprint density at radius 1 is 1.19 bits per heavy atom. The Morgan fingerprint density at radius 3 is 2.63 bits per heavy atom.